The number of nitrogens with two attached hydrogens (primary N) is 3. The van der Waals surface area contributed by atoms with E-state index in [1.807, 2.05) is 40.1 Å². The summed E-state index contributed by atoms with van der Waals surface area (Å²) in [5, 5.41) is 25.5. The van der Waals surface area contributed by atoms with Crippen molar-refractivity contribution in [3.63, 3.8) is 0 Å². The van der Waals surface area contributed by atoms with Crippen LogP contribution in [0.25, 0.3) is 0 Å². The Bertz CT molecular complexity index is 2690. The van der Waals surface area contributed by atoms with Crippen LogP contribution in [0, 0.1) is 0 Å². The fraction of sp³-hybridized carbons (Fsp3) is 0.396. The van der Waals surface area contributed by atoms with Gasteiger partial charge in [-0.05, 0) is 86.3 Å². The van der Waals surface area contributed by atoms with Crippen LogP contribution in [0.5, 0.6) is 0 Å². The molecule has 4 aliphatic heterocycles. The maximum Gasteiger partial charge on any atom is 0.321 e. The Balaban J connectivity index is 0.000000200. The van der Waals surface area contributed by atoms with Crippen molar-refractivity contribution < 1.29 is 33.4 Å². The first-order valence-electron chi connectivity index (χ1n) is 23.8. The molecular formula is C48H59N17O7. The lowest BCUT2D eigenvalue weighted by atomic mass is 10.1. The normalized spacial score (nSPS) is 18.0. The van der Waals surface area contributed by atoms with Crippen molar-refractivity contribution >= 4 is 70.3 Å². The lowest BCUT2D eigenvalue weighted by molar-refractivity contribution is 0.0301. The summed E-state index contributed by atoms with van der Waals surface area (Å²) in [5.41, 5.74) is 20.0. The quantitative estimate of drug-likeness (QED) is 0.104. The summed E-state index contributed by atoms with van der Waals surface area (Å²) in [5.74, 6) is -0.540. The predicted molar refractivity (Wildman–Crippen MR) is 268 cm³/mol. The van der Waals surface area contributed by atoms with Gasteiger partial charge in [-0.2, -0.15) is 9.97 Å². The molecule has 0 aliphatic carbocycles. The van der Waals surface area contributed by atoms with Gasteiger partial charge in [-0.25, -0.2) is 4.79 Å². The molecule has 9 N–H and O–H groups in total. The number of carbonyl (C=O) groups excluding carboxylic acids is 5. The van der Waals surface area contributed by atoms with Crippen LogP contribution in [0.2, 0.25) is 0 Å². The van der Waals surface area contributed by atoms with Crippen LogP contribution in [0.15, 0.2) is 78.9 Å². The minimum absolute atomic E-state index is 0.0416. The van der Waals surface area contributed by atoms with Crippen molar-refractivity contribution in [2.45, 2.75) is 37.8 Å². The van der Waals surface area contributed by atoms with Gasteiger partial charge in [-0.1, -0.05) is 18.2 Å². The Morgan fingerprint density at radius 2 is 1.06 bits per heavy atom. The second-order valence-corrected chi connectivity index (χ2v) is 17.5. The third kappa shape index (κ3) is 12.8. The molecule has 4 fully saturated rings. The Hall–Kier alpha value is -8.09. The molecule has 4 saturated heterocycles. The molecular weight excluding hydrogens is 927 g/mol. The Morgan fingerprint density at radius 3 is 1.51 bits per heavy atom. The first kappa shape index (κ1) is 50.3. The standard InChI is InChI=1S/C28H33N9O4.C20H26N8O3/c1-35(22-7-3-2-4-8-22)28(40)31-21-6-5-13-37(18-21)27-32-25(23(24(29)38)33-34-27)30-20-11-9-19(10-12-20)26(39)36-14-16-41-17-15-36;21-14-2-1-7-28(12-14)20-24-18(16(17(22)29)25-26-20)23-15-5-3-13(4-6-15)19(30)27-8-10-31-11-9-27/h2-4,7-12,21H,5-6,13-18H2,1H3,(H2,29,38)(H,31,40)(H,30,32,34);3-6,14H,1-2,7-12,21H2,(H2,22,29)(H,23,24,26)/t21-;14-/m11/s1. The molecule has 378 valence electrons. The van der Waals surface area contributed by atoms with Gasteiger partial charge in [-0.3, -0.25) is 24.1 Å². The largest absolute Gasteiger partial charge is 0.378 e. The van der Waals surface area contributed by atoms with E-state index < -0.39 is 11.8 Å². The van der Waals surface area contributed by atoms with Gasteiger partial charge in [0.1, 0.15) is 0 Å². The predicted octanol–water partition coefficient (Wildman–Crippen LogP) is 2.12. The summed E-state index contributed by atoms with van der Waals surface area (Å²) >= 11 is 0. The number of nitrogens with one attached hydrogen (secondary N) is 3. The fourth-order valence-electron chi connectivity index (χ4n) is 8.48. The van der Waals surface area contributed by atoms with Gasteiger partial charge in [0.2, 0.25) is 11.9 Å². The number of benzene rings is 3. The second kappa shape index (κ2) is 23.7. The number of hydrogen-bond acceptors (Lipinski definition) is 18. The third-order valence-corrected chi connectivity index (χ3v) is 12.4. The molecule has 5 aromatic rings. The van der Waals surface area contributed by atoms with Gasteiger partial charge in [0.05, 0.1) is 26.4 Å². The van der Waals surface area contributed by atoms with Gasteiger partial charge in [-0.15, -0.1) is 20.4 Å². The number of para-hydroxylation sites is 1. The van der Waals surface area contributed by atoms with Crippen LogP contribution in [0.3, 0.4) is 0 Å². The molecule has 9 rings (SSSR count). The molecule has 0 saturated carbocycles. The summed E-state index contributed by atoms with van der Waals surface area (Å²) in [6.45, 7) is 6.95. The number of amides is 6. The van der Waals surface area contributed by atoms with E-state index in [9.17, 15) is 24.0 Å². The van der Waals surface area contributed by atoms with Crippen molar-refractivity contribution in [3.8, 4) is 0 Å². The van der Waals surface area contributed by atoms with E-state index in [0.29, 0.717) is 107 Å². The molecule has 0 unspecified atom stereocenters. The molecule has 0 bridgehead atoms. The van der Waals surface area contributed by atoms with E-state index in [-0.39, 0.29) is 53.0 Å². The third-order valence-electron chi connectivity index (χ3n) is 12.4. The number of piperidine rings is 2. The van der Waals surface area contributed by atoms with E-state index in [4.69, 9.17) is 26.7 Å². The highest BCUT2D eigenvalue weighted by Gasteiger charge is 2.28. The minimum atomic E-state index is -0.772. The van der Waals surface area contributed by atoms with E-state index in [2.05, 4.69) is 46.3 Å². The van der Waals surface area contributed by atoms with E-state index >= 15 is 0 Å². The Labute approximate surface area is 415 Å². The monoisotopic (exact) mass is 985 g/mol. The lowest BCUT2D eigenvalue weighted by Crippen LogP contribution is -2.51. The van der Waals surface area contributed by atoms with E-state index in [1.165, 1.54) is 0 Å². The first-order chi connectivity index (χ1) is 34.9. The van der Waals surface area contributed by atoms with Gasteiger partial charge >= 0.3 is 6.03 Å². The number of primary amides is 2. The van der Waals surface area contributed by atoms with Crippen molar-refractivity contribution in [1.29, 1.82) is 0 Å². The summed E-state index contributed by atoms with van der Waals surface area (Å²) in [7, 11) is 1.73. The average molecular weight is 986 g/mol. The van der Waals surface area contributed by atoms with Crippen LogP contribution < -0.4 is 47.9 Å². The Kier molecular flexibility index (Phi) is 16.5. The Morgan fingerprint density at radius 1 is 0.597 bits per heavy atom. The number of morpholine rings is 2. The summed E-state index contributed by atoms with van der Waals surface area (Å²) in [6, 6.07) is 22.9. The van der Waals surface area contributed by atoms with E-state index in [1.54, 1.807) is 70.3 Å². The smallest absolute Gasteiger partial charge is 0.321 e. The summed E-state index contributed by atoms with van der Waals surface area (Å²) < 4.78 is 10.6. The average Bonchev–Trinajstić information content (AvgIpc) is 3.41. The highest BCUT2D eigenvalue weighted by atomic mass is 16.5. The molecule has 72 heavy (non-hydrogen) atoms. The lowest BCUT2D eigenvalue weighted by Gasteiger charge is -2.34. The van der Waals surface area contributed by atoms with Gasteiger partial charge in [0.15, 0.2) is 23.0 Å². The molecule has 3 aromatic carbocycles. The van der Waals surface area contributed by atoms with Crippen LogP contribution in [-0.2, 0) is 9.47 Å². The molecule has 6 amide bonds. The van der Waals surface area contributed by atoms with Crippen LogP contribution >= 0.6 is 0 Å². The minimum Gasteiger partial charge on any atom is -0.378 e. The van der Waals surface area contributed by atoms with Crippen LogP contribution in [0.1, 0.15) is 67.4 Å². The SMILES string of the molecule is CN(C(=O)N[C@@H]1CCCN(c2nnc(C(N)=O)c(Nc3ccc(C(=O)N4CCOCC4)cc3)n2)C1)c1ccccc1.NC(=O)c1nnc(N2CCC[C@@H](N)C2)nc1Nc1ccc(C(=O)N2CCOCC2)cc1. The van der Waals surface area contributed by atoms with E-state index in [0.717, 1.165) is 37.9 Å². The number of nitrogens with zero attached hydrogens (tertiary/aromatic N) is 11. The van der Waals surface area contributed by atoms with Gasteiger partial charge in [0, 0.05) is 99.7 Å². The molecule has 2 aromatic heterocycles. The zero-order valence-corrected chi connectivity index (χ0v) is 40.0. The molecule has 2 atom stereocenters. The summed E-state index contributed by atoms with van der Waals surface area (Å²) in [4.78, 5) is 80.1. The highest BCUT2D eigenvalue weighted by molar-refractivity contribution is 5.98. The zero-order valence-electron chi connectivity index (χ0n) is 40.0. The van der Waals surface area contributed by atoms with Crippen molar-refractivity contribution in [1.82, 2.24) is 45.5 Å². The van der Waals surface area contributed by atoms with Gasteiger partial charge in [0.25, 0.3) is 23.6 Å². The van der Waals surface area contributed by atoms with Crippen LogP contribution in [0.4, 0.5) is 45.4 Å². The number of hydrogen-bond donors (Lipinski definition) is 6. The second-order valence-electron chi connectivity index (χ2n) is 17.5. The van der Waals surface area contributed by atoms with Crippen molar-refractivity contribution in [2.24, 2.45) is 17.2 Å². The number of ether oxygens (including phenoxy) is 2. The maximum atomic E-state index is 12.8. The first-order valence-corrected chi connectivity index (χ1v) is 23.8. The molecule has 4 aliphatic rings. The number of aromatic nitrogens is 6. The maximum absolute atomic E-state index is 12.8. The van der Waals surface area contributed by atoms with Crippen LogP contribution in [-0.4, -0.2) is 168 Å². The molecule has 0 radical (unpaired) electrons. The molecule has 24 heteroatoms. The van der Waals surface area contributed by atoms with Crippen molar-refractivity contribution in [2.75, 3.05) is 111 Å². The topological polar surface area (TPSA) is 312 Å². The highest BCUT2D eigenvalue weighted by Crippen LogP contribution is 2.25. The molecule has 24 nitrogen and oxygen atoms in total. The molecule has 6 heterocycles. The number of rotatable bonds is 12. The van der Waals surface area contributed by atoms with Crippen molar-refractivity contribution in [3.05, 3.63) is 101 Å². The molecule has 0 spiro atoms. The fourth-order valence-corrected chi connectivity index (χ4v) is 8.48. The number of anilines is 7. The summed E-state index contributed by atoms with van der Waals surface area (Å²) in [6.07, 6.45) is 3.49. The number of carbonyl (C=O) groups is 5. The number of urea groups is 1. The zero-order chi connectivity index (χ0) is 50.6. The van der Waals surface area contributed by atoms with Gasteiger partial charge < -0.3 is 62.2 Å².